The zero-order valence-electron chi connectivity index (χ0n) is 20.6. The molecule has 0 saturated carbocycles. The fourth-order valence-electron chi connectivity index (χ4n) is 3.51. The quantitative estimate of drug-likeness (QED) is 0.239. The first-order chi connectivity index (χ1) is 18.7. The lowest BCUT2D eigenvalue weighted by Crippen LogP contribution is -2.19. The molecule has 0 atom stereocenters. The summed E-state index contributed by atoms with van der Waals surface area (Å²) in [6.45, 7) is -0.285. The van der Waals surface area contributed by atoms with Gasteiger partial charge in [-0.15, -0.1) is 0 Å². The second-order valence-corrected chi connectivity index (χ2v) is 8.13. The summed E-state index contributed by atoms with van der Waals surface area (Å²) in [5.41, 5.74) is 0.329. The molecule has 3 N–H and O–H groups in total. The molecule has 0 spiro atoms. The Morgan fingerprint density at radius 1 is 0.821 bits per heavy atom. The van der Waals surface area contributed by atoms with Gasteiger partial charge in [0.25, 0.3) is 5.91 Å². The van der Waals surface area contributed by atoms with Crippen molar-refractivity contribution in [3.63, 3.8) is 0 Å². The van der Waals surface area contributed by atoms with Crippen LogP contribution in [0.25, 0.3) is 0 Å². The number of benzene rings is 3. The lowest BCUT2D eigenvalue weighted by atomic mass is 10.1. The van der Waals surface area contributed by atoms with E-state index in [4.69, 9.17) is 9.47 Å². The van der Waals surface area contributed by atoms with Gasteiger partial charge in [-0.3, -0.25) is 9.78 Å². The summed E-state index contributed by atoms with van der Waals surface area (Å²) in [5, 5.41) is 7.83. The van der Waals surface area contributed by atoms with Gasteiger partial charge in [-0.05, 0) is 48.5 Å². The van der Waals surface area contributed by atoms with E-state index in [-0.39, 0.29) is 23.8 Å². The molecule has 0 unspecified atom stereocenters. The molecule has 3 amide bonds. The number of carbonyl (C=O) groups excluding carboxylic acids is 2. The monoisotopic (exact) mass is 536 g/mol. The van der Waals surface area contributed by atoms with Crippen LogP contribution in [0.4, 0.5) is 29.3 Å². The smallest absolute Gasteiger partial charge is 0.416 e. The standard InChI is InChI=1S/C28H23F3N4O4/c1-32-26(36)25-16-23(13-14-33-25)39-21-11-9-19(10-12-21)34-27(37)35-20-6-4-7-22(15-20)38-17-18-5-2-3-8-24(18)28(29,30)31/h2-16H,17H2,1H3,(H,32,36)(H2,34,35,37). The van der Waals surface area contributed by atoms with Crippen LogP contribution >= 0.6 is 0 Å². The van der Waals surface area contributed by atoms with Crippen molar-refractivity contribution in [1.82, 2.24) is 10.3 Å². The van der Waals surface area contributed by atoms with Crippen LogP contribution in [0.2, 0.25) is 0 Å². The van der Waals surface area contributed by atoms with Gasteiger partial charge in [0.05, 0.1) is 5.56 Å². The number of hydrogen-bond acceptors (Lipinski definition) is 5. The van der Waals surface area contributed by atoms with Gasteiger partial charge in [0.15, 0.2) is 0 Å². The molecule has 4 rings (SSSR count). The number of aromatic nitrogens is 1. The average molecular weight is 537 g/mol. The zero-order valence-corrected chi connectivity index (χ0v) is 20.6. The van der Waals surface area contributed by atoms with Crippen molar-refractivity contribution < 1.29 is 32.2 Å². The van der Waals surface area contributed by atoms with Gasteiger partial charge in [-0.1, -0.05) is 24.3 Å². The van der Waals surface area contributed by atoms with Crippen LogP contribution in [0, 0.1) is 0 Å². The number of halogens is 3. The number of anilines is 2. The predicted octanol–water partition coefficient (Wildman–Crippen LogP) is 6.48. The minimum absolute atomic E-state index is 0.00404. The van der Waals surface area contributed by atoms with Gasteiger partial charge < -0.3 is 25.4 Å². The minimum Gasteiger partial charge on any atom is -0.489 e. The lowest BCUT2D eigenvalue weighted by molar-refractivity contribution is -0.138. The van der Waals surface area contributed by atoms with E-state index in [1.807, 2.05) is 0 Å². The molecule has 0 radical (unpaired) electrons. The molecule has 0 aliphatic heterocycles. The number of ether oxygens (including phenoxy) is 2. The third-order valence-corrected chi connectivity index (χ3v) is 5.35. The highest BCUT2D eigenvalue weighted by Crippen LogP contribution is 2.32. The molecule has 0 aliphatic rings. The van der Waals surface area contributed by atoms with Crippen molar-refractivity contribution in [2.45, 2.75) is 12.8 Å². The third-order valence-electron chi connectivity index (χ3n) is 5.35. The summed E-state index contributed by atoms with van der Waals surface area (Å²) in [6, 6.07) is 20.6. The number of hydrogen-bond donors (Lipinski definition) is 3. The van der Waals surface area contributed by atoms with Crippen molar-refractivity contribution in [2.24, 2.45) is 0 Å². The van der Waals surface area contributed by atoms with Gasteiger partial charge in [0, 0.05) is 42.3 Å². The number of nitrogens with one attached hydrogen (secondary N) is 3. The highest BCUT2D eigenvalue weighted by atomic mass is 19.4. The summed E-state index contributed by atoms with van der Waals surface area (Å²) in [4.78, 5) is 28.2. The van der Waals surface area contributed by atoms with Gasteiger partial charge in [-0.25, -0.2) is 4.79 Å². The Balaban J connectivity index is 1.32. The summed E-state index contributed by atoms with van der Waals surface area (Å²) in [7, 11) is 1.51. The molecule has 39 heavy (non-hydrogen) atoms. The zero-order chi connectivity index (χ0) is 27.8. The van der Waals surface area contributed by atoms with Crippen molar-refractivity contribution in [1.29, 1.82) is 0 Å². The van der Waals surface area contributed by atoms with Gasteiger partial charge in [-0.2, -0.15) is 13.2 Å². The van der Waals surface area contributed by atoms with Crippen molar-refractivity contribution >= 4 is 23.3 Å². The third kappa shape index (κ3) is 7.48. The number of nitrogens with zero attached hydrogens (tertiary/aromatic N) is 1. The first kappa shape index (κ1) is 27.0. The highest BCUT2D eigenvalue weighted by molar-refractivity contribution is 5.99. The van der Waals surface area contributed by atoms with Crippen LogP contribution in [-0.4, -0.2) is 24.0 Å². The molecule has 4 aromatic rings. The maximum absolute atomic E-state index is 13.2. The van der Waals surface area contributed by atoms with E-state index in [0.29, 0.717) is 28.6 Å². The molecule has 0 fully saturated rings. The minimum atomic E-state index is -4.49. The number of rotatable bonds is 8. The number of amides is 3. The summed E-state index contributed by atoms with van der Waals surface area (Å²) in [5.74, 6) is 0.856. The second kappa shape index (κ2) is 12.0. The van der Waals surface area contributed by atoms with E-state index in [9.17, 15) is 22.8 Å². The van der Waals surface area contributed by atoms with Gasteiger partial charge >= 0.3 is 12.2 Å². The fraction of sp³-hybridized carbons (Fsp3) is 0.107. The molecule has 200 valence electrons. The van der Waals surface area contributed by atoms with E-state index in [0.717, 1.165) is 6.07 Å². The molecule has 1 heterocycles. The van der Waals surface area contributed by atoms with E-state index in [1.165, 1.54) is 43.6 Å². The first-order valence-electron chi connectivity index (χ1n) is 11.6. The predicted molar refractivity (Wildman–Crippen MR) is 139 cm³/mol. The number of alkyl halides is 3. The Morgan fingerprint density at radius 3 is 2.31 bits per heavy atom. The van der Waals surface area contributed by atoms with E-state index in [1.54, 1.807) is 48.5 Å². The average Bonchev–Trinajstić information content (AvgIpc) is 2.92. The number of carbonyl (C=O) groups is 2. The maximum Gasteiger partial charge on any atom is 0.416 e. The fourth-order valence-corrected chi connectivity index (χ4v) is 3.51. The molecular weight excluding hydrogens is 513 g/mol. The SMILES string of the molecule is CNC(=O)c1cc(Oc2ccc(NC(=O)Nc3cccc(OCc4ccccc4C(F)(F)F)c3)cc2)ccn1. The second-order valence-electron chi connectivity index (χ2n) is 8.13. The van der Waals surface area contributed by atoms with Crippen LogP contribution in [0.3, 0.4) is 0 Å². The molecule has 3 aromatic carbocycles. The molecule has 0 bridgehead atoms. The van der Waals surface area contributed by atoms with Crippen LogP contribution < -0.4 is 25.4 Å². The molecule has 1 aromatic heterocycles. The summed E-state index contributed by atoms with van der Waals surface area (Å²) < 4.78 is 50.9. The van der Waals surface area contributed by atoms with E-state index >= 15 is 0 Å². The largest absolute Gasteiger partial charge is 0.489 e. The Kier molecular flexibility index (Phi) is 8.30. The normalized spacial score (nSPS) is 10.9. The van der Waals surface area contributed by atoms with E-state index < -0.39 is 17.8 Å². The number of urea groups is 1. The Hall–Kier alpha value is -5.06. The topological polar surface area (TPSA) is 102 Å². The number of pyridine rings is 1. The Morgan fingerprint density at radius 2 is 1.56 bits per heavy atom. The molecule has 0 aliphatic carbocycles. The molecule has 0 saturated heterocycles. The summed E-state index contributed by atoms with van der Waals surface area (Å²) >= 11 is 0. The Bertz CT molecular complexity index is 1460. The van der Waals surface area contributed by atoms with Crippen LogP contribution in [0.5, 0.6) is 17.2 Å². The van der Waals surface area contributed by atoms with Crippen molar-refractivity contribution in [2.75, 3.05) is 17.7 Å². The Labute approximate surface area is 221 Å². The van der Waals surface area contributed by atoms with E-state index in [2.05, 4.69) is 20.9 Å². The van der Waals surface area contributed by atoms with Crippen LogP contribution in [0.15, 0.2) is 91.1 Å². The lowest BCUT2D eigenvalue weighted by Gasteiger charge is -2.14. The van der Waals surface area contributed by atoms with Crippen molar-refractivity contribution in [3.8, 4) is 17.2 Å². The maximum atomic E-state index is 13.2. The highest BCUT2D eigenvalue weighted by Gasteiger charge is 2.33. The van der Waals surface area contributed by atoms with Crippen LogP contribution in [0.1, 0.15) is 21.6 Å². The summed E-state index contributed by atoms with van der Waals surface area (Å²) in [6.07, 6.45) is -3.03. The van der Waals surface area contributed by atoms with Gasteiger partial charge in [0.2, 0.25) is 0 Å². The van der Waals surface area contributed by atoms with Crippen LogP contribution in [-0.2, 0) is 12.8 Å². The van der Waals surface area contributed by atoms with Crippen molar-refractivity contribution in [3.05, 3.63) is 108 Å². The first-order valence-corrected chi connectivity index (χ1v) is 11.6. The molecular formula is C28H23F3N4O4. The van der Waals surface area contributed by atoms with Gasteiger partial charge in [0.1, 0.15) is 29.5 Å². The molecule has 8 nitrogen and oxygen atoms in total. The molecule has 11 heteroatoms.